The van der Waals surface area contributed by atoms with Crippen LogP contribution in [0.3, 0.4) is 0 Å². The maximum absolute atomic E-state index is 13.2. The third-order valence-corrected chi connectivity index (χ3v) is 6.02. The lowest BCUT2D eigenvalue weighted by atomic mass is 9.96. The molecule has 168 valence electrons. The van der Waals surface area contributed by atoms with Crippen molar-refractivity contribution in [2.45, 2.75) is 25.8 Å². The Morgan fingerprint density at radius 3 is 2.45 bits per heavy atom. The Morgan fingerprint density at radius 2 is 1.85 bits per heavy atom. The molecular weight excluding hydrogens is 440 g/mol. The van der Waals surface area contributed by atoms with Crippen LogP contribution in [0.2, 0.25) is 5.02 Å². The molecule has 3 aromatic rings. The van der Waals surface area contributed by atoms with Crippen LogP contribution in [0, 0.1) is 0 Å². The summed E-state index contributed by atoms with van der Waals surface area (Å²) < 4.78 is 5.24. The van der Waals surface area contributed by atoms with E-state index in [1.54, 1.807) is 36.7 Å². The highest BCUT2D eigenvalue weighted by Gasteiger charge is 2.47. The molecule has 1 aromatic heterocycles. The normalized spacial score (nSPS) is 17.6. The number of aliphatic hydroxyl groups excluding tert-OH is 1. The van der Waals surface area contributed by atoms with Crippen molar-refractivity contribution in [1.82, 2.24) is 4.98 Å². The Labute approximate surface area is 197 Å². The maximum atomic E-state index is 13.2. The Bertz CT molecular complexity index is 1240. The first-order valence-electron chi connectivity index (χ1n) is 10.5. The molecule has 0 aliphatic carbocycles. The van der Waals surface area contributed by atoms with E-state index in [1.807, 2.05) is 24.3 Å². The molecule has 2 heterocycles. The number of amides is 1. The van der Waals surface area contributed by atoms with Crippen LogP contribution in [-0.2, 0) is 9.59 Å². The van der Waals surface area contributed by atoms with Crippen LogP contribution in [0.1, 0.15) is 42.5 Å². The lowest BCUT2D eigenvalue weighted by Crippen LogP contribution is -2.29. The molecule has 0 radical (unpaired) electrons. The zero-order chi connectivity index (χ0) is 23.7. The molecule has 1 amide bonds. The standard InChI is InChI=1S/C26H23ClN2O4/c1-15(2)16-6-9-19(10-7-16)29-23(18-5-4-12-28-14-18)22(25(31)26(29)32)24(30)17-8-11-20(27)21(13-17)33-3/h4-15,23,30H,1-3H3/b24-22-. The van der Waals surface area contributed by atoms with E-state index in [0.717, 1.165) is 5.56 Å². The molecule has 1 N–H and O–H groups in total. The number of anilines is 1. The number of methoxy groups -OCH3 is 1. The number of ketones is 1. The SMILES string of the molecule is COc1cc(/C(O)=C2/C(=O)C(=O)N(c3ccc(C(C)C)cc3)C2c2cccnc2)ccc1Cl. The van der Waals surface area contributed by atoms with Gasteiger partial charge in [-0.25, -0.2) is 0 Å². The fourth-order valence-corrected chi connectivity index (χ4v) is 4.13. The van der Waals surface area contributed by atoms with Gasteiger partial charge in [-0.2, -0.15) is 0 Å². The maximum Gasteiger partial charge on any atom is 0.300 e. The summed E-state index contributed by atoms with van der Waals surface area (Å²) >= 11 is 6.11. The first kappa shape index (κ1) is 22.6. The third kappa shape index (κ3) is 4.10. The number of carbonyl (C=O) groups excluding carboxylic acids is 2. The summed E-state index contributed by atoms with van der Waals surface area (Å²) in [6.45, 7) is 4.16. The number of benzene rings is 2. The number of carbonyl (C=O) groups is 2. The smallest absolute Gasteiger partial charge is 0.300 e. The lowest BCUT2D eigenvalue weighted by molar-refractivity contribution is -0.132. The van der Waals surface area contributed by atoms with E-state index in [9.17, 15) is 14.7 Å². The second-order valence-corrected chi connectivity index (χ2v) is 8.46. The molecule has 0 saturated carbocycles. The molecule has 1 fully saturated rings. The van der Waals surface area contributed by atoms with Gasteiger partial charge in [0.15, 0.2) is 0 Å². The first-order valence-corrected chi connectivity index (χ1v) is 10.9. The van der Waals surface area contributed by atoms with E-state index >= 15 is 0 Å². The van der Waals surface area contributed by atoms with Gasteiger partial charge in [0.05, 0.1) is 23.7 Å². The van der Waals surface area contributed by atoms with Crippen molar-refractivity contribution >= 4 is 34.7 Å². The number of hydrogen-bond donors (Lipinski definition) is 1. The van der Waals surface area contributed by atoms with E-state index in [0.29, 0.717) is 33.5 Å². The number of pyridine rings is 1. The Kier molecular flexibility index (Phi) is 6.20. The van der Waals surface area contributed by atoms with Gasteiger partial charge in [-0.15, -0.1) is 0 Å². The number of ether oxygens (including phenoxy) is 1. The lowest BCUT2D eigenvalue weighted by Gasteiger charge is -2.25. The van der Waals surface area contributed by atoms with Crippen LogP contribution in [0.15, 0.2) is 72.6 Å². The molecule has 1 aliphatic rings. The topological polar surface area (TPSA) is 79.7 Å². The van der Waals surface area contributed by atoms with Crippen molar-refractivity contribution in [2.24, 2.45) is 0 Å². The molecular formula is C26H23ClN2O4. The second-order valence-electron chi connectivity index (χ2n) is 8.05. The quantitative estimate of drug-likeness (QED) is 0.308. The zero-order valence-electron chi connectivity index (χ0n) is 18.4. The van der Waals surface area contributed by atoms with Crippen molar-refractivity contribution in [3.05, 3.63) is 94.3 Å². The number of rotatable bonds is 5. The zero-order valence-corrected chi connectivity index (χ0v) is 19.2. The minimum Gasteiger partial charge on any atom is -0.507 e. The van der Waals surface area contributed by atoms with Crippen LogP contribution in [-0.4, -0.2) is 28.9 Å². The van der Waals surface area contributed by atoms with Gasteiger partial charge in [-0.05, 0) is 53.4 Å². The summed E-state index contributed by atoms with van der Waals surface area (Å²) in [4.78, 5) is 32.0. The Balaban J connectivity index is 1.90. The van der Waals surface area contributed by atoms with Crippen LogP contribution >= 0.6 is 11.6 Å². The van der Waals surface area contributed by atoms with E-state index in [2.05, 4.69) is 18.8 Å². The average molecular weight is 463 g/mol. The monoisotopic (exact) mass is 462 g/mol. The van der Waals surface area contributed by atoms with Crippen molar-refractivity contribution in [3.63, 3.8) is 0 Å². The number of hydrogen-bond acceptors (Lipinski definition) is 5. The number of nitrogens with zero attached hydrogens (tertiary/aromatic N) is 2. The number of aromatic nitrogens is 1. The molecule has 0 bridgehead atoms. The van der Waals surface area contributed by atoms with Gasteiger partial charge in [-0.1, -0.05) is 43.6 Å². The Hall–Kier alpha value is -3.64. The minimum atomic E-state index is -0.842. The number of halogens is 1. The molecule has 2 aromatic carbocycles. The molecule has 1 saturated heterocycles. The van der Waals surface area contributed by atoms with Crippen molar-refractivity contribution in [2.75, 3.05) is 12.0 Å². The van der Waals surface area contributed by atoms with E-state index in [-0.39, 0.29) is 11.3 Å². The fraction of sp³-hybridized carbons (Fsp3) is 0.192. The number of aliphatic hydroxyl groups is 1. The van der Waals surface area contributed by atoms with Crippen molar-refractivity contribution < 1.29 is 19.4 Å². The molecule has 4 rings (SSSR count). The number of Topliss-reactive ketones (excluding diaryl/α,β-unsaturated/α-hetero) is 1. The highest BCUT2D eigenvalue weighted by atomic mass is 35.5. The minimum absolute atomic E-state index is 0.0229. The summed E-state index contributed by atoms with van der Waals surface area (Å²) in [5.74, 6) is -1.13. The highest BCUT2D eigenvalue weighted by Crippen LogP contribution is 2.42. The molecule has 7 heteroatoms. The van der Waals surface area contributed by atoms with Crippen molar-refractivity contribution in [3.8, 4) is 5.75 Å². The molecule has 1 atom stereocenters. The van der Waals surface area contributed by atoms with Gasteiger partial charge >= 0.3 is 0 Å². The summed E-state index contributed by atoms with van der Waals surface area (Å²) in [7, 11) is 1.46. The summed E-state index contributed by atoms with van der Waals surface area (Å²) in [6.07, 6.45) is 3.19. The van der Waals surface area contributed by atoms with E-state index in [4.69, 9.17) is 16.3 Å². The highest BCUT2D eigenvalue weighted by molar-refractivity contribution is 6.51. The van der Waals surface area contributed by atoms with Gasteiger partial charge < -0.3 is 9.84 Å². The van der Waals surface area contributed by atoms with E-state index < -0.39 is 17.7 Å². The van der Waals surface area contributed by atoms with Gasteiger partial charge in [-0.3, -0.25) is 19.5 Å². The summed E-state index contributed by atoms with van der Waals surface area (Å²) in [5, 5.41) is 11.6. The molecule has 0 spiro atoms. The molecule has 33 heavy (non-hydrogen) atoms. The van der Waals surface area contributed by atoms with Gasteiger partial charge in [0.2, 0.25) is 0 Å². The summed E-state index contributed by atoms with van der Waals surface area (Å²) in [5.41, 5.74) is 2.57. The van der Waals surface area contributed by atoms with Gasteiger partial charge in [0.25, 0.3) is 11.7 Å². The van der Waals surface area contributed by atoms with Crippen LogP contribution < -0.4 is 9.64 Å². The molecule has 1 unspecified atom stereocenters. The molecule has 6 nitrogen and oxygen atoms in total. The predicted molar refractivity (Wildman–Crippen MR) is 128 cm³/mol. The summed E-state index contributed by atoms with van der Waals surface area (Å²) in [6, 6.07) is 14.8. The second kappa shape index (κ2) is 9.08. The third-order valence-electron chi connectivity index (χ3n) is 5.71. The Morgan fingerprint density at radius 1 is 1.12 bits per heavy atom. The van der Waals surface area contributed by atoms with Crippen LogP contribution in [0.4, 0.5) is 5.69 Å². The predicted octanol–water partition coefficient (Wildman–Crippen LogP) is 5.49. The fourth-order valence-electron chi connectivity index (χ4n) is 3.93. The largest absolute Gasteiger partial charge is 0.507 e. The van der Waals surface area contributed by atoms with Crippen LogP contribution in [0.5, 0.6) is 5.75 Å². The first-order chi connectivity index (χ1) is 15.8. The average Bonchev–Trinajstić information content (AvgIpc) is 3.10. The van der Waals surface area contributed by atoms with Gasteiger partial charge in [0.1, 0.15) is 11.5 Å². The molecule has 1 aliphatic heterocycles. The van der Waals surface area contributed by atoms with Crippen LogP contribution in [0.25, 0.3) is 5.76 Å². The van der Waals surface area contributed by atoms with E-state index in [1.165, 1.54) is 18.1 Å². The van der Waals surface area contributed by atoms with Gasteiger partial charge in [0, 0.05) is 23.6 Å². The van der Waals surface area contributed by atoms with Crippen molar-refractivity contribution in [1.29, 1.82) is 0 Å².